The Morgan fingerprint density at radius 2 is 2.20 bits per heavy atom. The number of amidine groups is 1. The van der Waals surface area contributed by atoms with Crippen LogP contribution in [0.25, 0.3) is 0 Å². The van der Waals surface area contributed by atoms with Gasteiger partial charge in [-0.3, -0.25) is 4.99 Å². The Morgan fingerprint density at radius 1 is 1.40 bits per heavy atom. The summed E-state index contributed by atoms with van der Waals surface area (Å²) in [7, 11) is 0. The van der Waals surface area contributed by atoms with Crippen LogP contribution in [0.15, 0.2) is 29.3 Å². The van der Waals surface area contributed by atoms with Crippen molar-refractivity contribution in [1.29, 1.82) is 0 Å². The van der Waals surface area contributed by atoms with Crippen LogP contribution < -0.4 is 10.6 Å². The molecule has 1 heterocycles. The second-order valence-corrected chi connectivity index (χ2v) is 4.14. The van der Waals surface area contributed by atoms with Gasteiger partial charge in [0.2, 0.25) is 0 Å². The lowest BCUT2D eigenvalue weighted by Gasteiger charge is -2.22. The lowest BCUT2D eigenvalue weighted by molar-refractivity contribution is 0.864. The van der Waals surface area contributed by atoms with Crippen molar-refractivity contribution in [3.05, 3.63) is 24.3 Å². The minimum atomic E-state index is 0.467. The summed E-state index contributed by atoms with van der Waals surface area (Å²) < 4.78 is 0. The second-order valence-electron chi connectivity index (χ2n) is 4.14. The summed E-state index contributed by atoms with van der Waals surface area (Å²) in [5.41, 5.74) is 7.74. The van der Waals surface area contributed by atoms with Crippen LogP contribution in [-0.4, -0.2) is 18.9 Å². The molecule has 0 atom stereocenters. The van der Waals surface area contributed by atoms with Crippen LogP contribution >= 0.6 is 0 Å². The molecule has 0 saturated heterocycles. The first-order valence-corrected chi connectivity index (χ1v) is 5.36. The zero-order valence-corrected chi connectivity index (χ0v) is 9.27. The largest absolute Gasteiger partial charge is 0.399 e. The van der Waals surface area contributed by atoms with Crippen molar-refractivity contribution in [3.8, 4) is 0 Å². The molecule has 0 aromatic heterocycles. The van der Waals surface area contributed by atoms with E-state index in [1.165, 1.54) is 5.84 Å². The topological polar surface area (TPSA) is 41.6 Å². The molecule has 3 nitrogen and oxygen atoms in total. The number of nitrogens with two attached hydrogens (primary N) is 1. The summed E-state index contributed by atoms with van der Waals surface area (Å²) in [6.45, 7) is 6.20. The van der Waals surface area contributed by atoms with E-state index in [9.17, 15) is 0 Å². The highest BCUT2D eigenvalue weighted by molar-refractivity contribution is 6.00. The smallest absolute Gasteiger partial charge is 0.106 e. The number of anilines is 2. The summed E-state index contributed by atoms with van der Waals surface area (Å²) in [5, 5.41) is 0. The molecule has 0 fully saturated rings. The molecule has 3 heteroatoms. The molecule has 0 saturated carbocycles. The van der Waals surface area contributed by atoms with E-state index in [0.717, 1.165) is 24.5 Å². The third-order valence-electron chi connectivity index (χ3n) is 2.57. The predicted molar refractivity (Wildman–Crippen MR) is 65.3 cm³/mol. The molecule has 15 heavy (non-hydrogen) atoms. The predicted octanol–water partition coefficient (Wildman–Crippen LogP) is 2.14. The van der Waals surface area contributed by atoms with Crippen molar-refractivity contribution in [2.75, 3.05) is 23.7 Å². The van der Waals surface area contributed by atoms with Gasteiger partial charge in [-0.05, 0) is 18.2 Å². The molecule has 1 aromatic carbocycles. The summed E-state index contributed by atoms with van der Waals surface area (Å²) in [6, 6.07) is 7.98. The SMILES string of the molecule is CC(C)C1=NCCN1c1cccc(N)c1. The number of benzene rings is 1. The van der Waals surface area contributed by atoms with E-state index in [2.05, 4.69) is 29.8 Å². The average molecular weight is 203 g/mol. The first kappa shape index (κ1) is 10.0. The van der Waals surface area contributed by atoms with Gasteiger partial charge in [0.1, 0.15) is 5.84 Å². The van der Waals surface area contributed by atoms with E-state index in [1.807, 2.05) is 18.2 Å². The Kier molecular flexibility index (Phi) is 2.62. The van der Waals surface area contributed by atoms with Gasteiger partial charge >= 0.3 is 0 Å². The molecule has 0 spiro atoms. The Morgan fingerprint density at radius 3 is 2.87 bits per heavy atom. The molecule has 0 aliphatic carbocycles. The van der Waals surface area contributed by atoms with Crippen LogP contribution in [0.2, 0.25) is 0 Å². The van der Waals surface area contributed by atoms with Crippen LogP contribution in [0.3, 0.4) is 0 Å². The lowest BCUT2D eigenvalue weighted by atomic mass is 10.1. The van der Waals surface area contributed by atoms with Crippen LogP contribution in [0.4, 0.5) is 11.4 Å². The highest BCUT2D eigenvalue weighted by atomic mass is 15.2. The molecule has 1 aliphatic heterocycles. The molecular weight excluding hydrogens is 186 g/mol. The van der Waals surface area contributed by atoms with Crippen molar-refractivity contribution >= 4 is 17.2 Å². The molecule has 1 aromatic rings. The molecule has 1 aliphatic rings. The summed E-state index contributed by atoms with van der Waals surface area (Å²) >= 11 is 0. The third kappa shape index (κ3) is 1.96. The Labute approximate surface area is 90.6 Å². The van der Waals surface area contributed by atoms with Gasteiger partial charge in [-0.15, -0.1) is 0 Å². The van der Waals surface area contributed by atoms with E-state index in [1.54, 1.807) is 0 Å². The van der Waals surface area contributed by atoms with Crippen LogP contribution in [0, 0.1) is 5.92 Å². The minimum Gasteiger partial charge on any atom is -0.399 e. The van der Waals surface area contributed by atoms with Crippen molar-refractivity contribution in [1.82, 2.24) is 0 Å². The highest BCUT2D eigenvalue weighted by Crippen LogP contribution is 2.22. The van der Waals surface area contributed by atoms with E-state index in [4.69, 9.17) is 5.73 Å². The highest BCUT2D eigenvalue weighted by Gasteiger charge is 2.20. The lowest BCUT2D eigenvalue weighted by Crippen LogP contribution is -2.30. The van der Waals surface area contributed by atoms with Gasteiger partial charge in [-0.1, -0.05) is 19.9 Å². The van der Waals surface area contributed by atoms with Gasteiger partial charge in [0.25, 0.3) is 0 Å². The van der Waals surface area contributed by atoms with E-state index >= 15 is 0 Å². The molecule has 80 valence electrons. The molecule has 0 amide bonds. The summed E-state index contributed by atoms with van der Waals surface area (Å²) in [5.74, 6) is 1.63. The number of nitrogen functional groups attached to an aromatic ring is 1. The monoisotopic (exact) mass is 203 g/mol. The normalized spacial score (nSPS) is 15.9. The number of aliphatic imine (C=N–C) groups is 1. The van der Waals surface area contributed by atoms with E-state index < -0.39 is 0 Å². The third-order valence-corrected chi connectivity index (χ3v) is 2.57. The number of nitrogens with zero attached hydrogens (tertiary/aromatic N) is 2. The maximum Gasteiger partial charge on any atom is 0.106 e. The Hall–Kier alpha value is -1.51. The fraction of sp³-hybridized carbons (Fsp3) is 0.417. The first-order valence-electron chi connectivity index (χ1n) is 5.36. The molecule has 2 rings (SSSR count). The minimum absolute atomic E-state index is 0.467. The second kappa shape index (κ2) is 3.93. The zero-order valence-electron chi connectivity index (χ0n) is 9.27. The number of hydrogen-bond donors (Lipinski definition) is 1. The van der Waals surface area contributed by atoms with Gasteiger partial charge in [0.05, 0.1) is 6.54 Å². The van der Waals surface area contributed by atoms with Gasteiger partial charge in [-0.25, -0.2) is 0 Å². The molecular formula is C12H17N3. The standard InChI is InChI=1S/C12H17N3/c1-9(2)12-14-6-7-15(12)11-5-3-4-10(13)8-11/h3-5,8-9H,6-7,13H2,1-2H3. The number of rotatable bonds is 2. The maximum atomic E-state index is 5.78. The van der Waals surface area contributed by atoms with E-state index in [0.29, 0.717) is 5.92 Å². The van der Waals surface area contributed by atoms with Crippen LogP contribution in [-0.2, 0) is 0 Å². The Bertz CT molecular complexity index is 382. The Balaban J connectivity index is 2.28. The maximum absolute atomic E-state index is 5.78. The summed E-state index contributed by atoms with van der Waals surface area (Å²) in [4.78, 5) is 6.78. The van der Waals surface area contributed by atoms with Crippen molar-refractivity contribution < 1.29 is 0 Å². The van der Waals surface area contributed by atoms with Crippen molar-refractivity contribution in [3.63, 3.8) is 0 Å². The first-order chi connectivity index (χ1) is 7.18. The molecule has 2 N–H and O–H groups in total. The molecule has 0 radical (unpaired) electrons. The molecule has 0 unspecified atom stereocenters. The fourth-order valence-electron chi connectivity index (χ4n) is 1.91. The zero-order chi connectivity index (χ0) is 10.8. The van der Waals surface area contributed by atoms with Crippen molar-refractivity contribution in [2.24, 2.45) is 10.9 Å². The van der Waals surface area contributed by atoms with Gasteiger partial charge in [0.15, 0.2) is 0 Å². The number of hydrogen-bond acceptors (Lipinski definition) is 3. The average Bonchev–Trinajstić information content (AvgIpc) is 2.65. The van der Waals surface area contributed by atoms with Crippen molar-refractivity contribution in [2.45, 2.75) is 13.8 Å². The quantitative estimate of drug-likeness (QED) is 0.748. The van der Waals surface area contributed by atoms with Gasteiger partial charge < -0.3 is 10.6 Å². The van der Waals surface area contributed by atoms with Gasteiger partial charge in [0, 0.05) is 23.8 Å². The molecule has 0 bridgehead atoms. The van der Waals surface area contributed by atoms with Crippen LogP contribution in [0.1, 0.15) is 13.8 Å². The fourth-order valence-corrected chi connectivity index (χ4v) is 1.91. The van der Waals surface area contributed by atoms with Crippen LogP contribution in [0.5, 0.6) is 0 Å². The van der Waals surface area contributed by atoms with Gasteiger partial charge in [-0.2, -0.15) is 0 Å². The van der Waals surface area contributed by atoms with E-state index in [-0.39, 0.29) is 0 Å². The summed E-state index contributed by atoms with van der Waals surface area (Å²) in [6.07, 6.45) is 0.